The van der Waals surface area contributed by atoms with Crippen molar-refractivity contribution in [1.29, 1.82) is 0 Å². The first-order valence-corrected chi connectivity index (χ1v) is 6.55. The minimum atomic E-state index is -4.84. The van der Waals surface area contributed by atoms with Crippen LogP contribution in [0.25, 0.3) is 0 Å². The summed E-state index contributed by atoms with van der Waals surface area (Å²) in [5.74, 6) is -1.19. The van der Waals surface area contributed by atoms with Gasteiger partial charge in [-0.3, -0.25) is 10.1 Å². The zero-order chi connectivity index (χ0) is 16.7. The number of hydrogen-bond donors (Lipinski definition) is 1. The molecule has 1 atom stereocenters. The summed E-state index contributed by atoms with van der Waals surface area (Å²) >= 11 is 5.58. The van der Waals surface area contributed by atoms with E-state index in [1.807, 2.05) is 0 Å². The van der Waals surface area contributed by atoms with E-state index in [-0.39, 0.29) is 18.7 Å². The second kappa shape index (κ2) is 5.64. The Balaban J connectivity index is 2.59. The third kappa shape index (κ3) is 2.94. The molecule has 1 fully saturated rings. The summed E-state index contributed by atoms with van der Waals surface area (Å²) in [6.07, 6.45) is -4.12. The second-order valence-electron chi connectivity index (χ2n) is 4.77. The van der Waals surface area contributed by atoms with Crippen molar-refractivity contribution in [2.75, 3.05) is 11.4 Å². The zero-order valence-corrected chi connectivity index (χ0v) is 11.7. The number of halogens is 4. The molecule has 2 rings (SSSR count). The zero-order valence-electron chi connectivity index (χ0n) is 10.9. The maximum atomic E-state index is 12.8. The Kier molecular flexibility index (Phi) is 4.19. The number of nitrogens with zero attached hydrogens (tertiary/aromatic N) is 2. The molecule has 10 heteroatoms. The molecule has 0 unspecified atom stereocenters. The van der Waals surface area contributed by atoms with Gasteiger partial charge in [-0.05, 0) is 18.9 Å². The maximum absolute atomic E-state index is 12.8. The molecule has 120 valence electrons. The molecule has 0 aliphatic carbocycles. The average molecular weight is 339 g/mol. The van der Waals surface area contributed by atoms with Gasteiger partial charge in [-0.15, -0.1) is 0 Å². The molecule has 0 amide bonds. The molecule has 0 saturated carbocycles. The molecule has 1 aromatic carbocycles. The van der Waals surface area contributed by atoms with Crippen LogP contribution < -0.4 is 4.90 Å². The van der Waals surface area contributed by atoms with Gasteiger partial charge in [0.15, 0.2) is 0 Å². The Labute approximate surface area is 127 Å². The second-order valence-corrected chi connectivity index (χ2v) is 5.17. The SMILES string of the molecule is O=C(O)[C@H]1CCCN1c1cc(Cl)c(C(F)(F)F)cc1[N+](=O)[O-]. The number of nitro groups is 1. The first kappa shape index (κ1) is 16.3. The van der Waals surface area contributed by atoms with Crippen LogP contribution in [0.2, 0.25) is 5.02 Å². The summed E-state index contributed by atoms with van der Waals surface area (Å²) in [6.45, 7) is 0.194. The smallest absolute Gasteiger partial charge is 0.418 e. The largest absolute Gasteiger partial charge is 0.480 e. The topological polar surface area (TPSA) is 83.7 Å². The van der Waals surface area contributed by atoms with Crippen LogP contribution in [0.3, 0.4) is 0 Å². The van der Waals surface area contributed by atoms with Crippen molar-refractivity contribution in [3.8, 4) is 0 Å². The molecule has 0 bridgehead atoms. The van der Waals surface area contributed by atoms with Gasteiger partial charge >= 0.3 is 12.1 Å². The molecule has 1 saturated heterocycles. The fraction of sp³-hybridized carbons (Fsp3) is 0.417. The van der Waals surface area contributed by atoms with Crippen molar-refractivity contribution in [2.24, 2.45) is 0 Å². The molecular weight excluding hydrogens is 329 g/mol. The lowest BCUT2D eigenvalue weighted by Gasteiger charge is -2.24. The van der Waals surface area contributed by atoms with Crippen LogP contribution in [0.15, 0.2) is 12.1 Å². The predicted octanol–water partition coefficient (Wildman–Crippen LogP) is 3.32. The van der Waals surface area contributed by atoms with E-state index in [4.69, 9.17) is 16.7 Å². The van der Waals surface area contributed by atoms with E-state index in [0.717, 1.165) is 6.07 Å². The Morgan fingerprint density at radius 3 is 2.59 bits per heavy atom. The third-order valence-electron chi connectivity index (χ3n) is 3.41. The number of anilines is 1. The highest BCUT2D eigenvalue weighted by molar-refractivity contribution is 6.31. The predicted molar refractivity (Wildman–Crippen MR) is 71.1 cm³/mol. The fourth-order valence-corrected chi connectivity index (χ4v) is 2.72. The first-order chi connectivity index (χ1) is 10.1. The molecule has 1 aliphatic rings. The van der Waals surface area contributed by atoms with Crippen LogP contribution in [-0.2, 0) is 11.0 Å². The van der Waals surface area contributed by atoms with Crippen molar-refractivity contribution in [3.05, 3.63) is 32.8 Å². The number of aliphatic carboxylic acids is 1. The van der Waals surface area contributed by atoms with Crippen LogP contribution >= 0.6 is 11.6 Å². The van der Waals surface area contributed by atoms with Crippen LogP contribution in [0.4, 0.5) is 24.5 Å². The summed E-state index contributed by atoms with van der Waals surface area (Å²) in [6, 6.07) is 0.130. The summed E-state index contributed by atoms with van der Waals surface area (Å²) in [4.78, 5) is 22.4. The molecule has 1 aliphatic heterocycles. The summed E-state index contributed by atoms with van der Waals surface area (Å²) < 4.78 is 38.4. The molecular formula is C12H10ClF3N2O4. The molecule has 6 nitrogen and oxygen atoms in total. The Hall–Kier alpha value is -2.03. The quantitative estimate of drug-likeness (QED) is 0.675. The van der Waals surface area contributed by atoms with Gasteiger partial charge in [-0.1, -0.05) is 11.6 Å². The van der Waals surface area contributed by atoms with Gasteiger partial charge in [0.2, 0.25) is 0 Å². The number of benzene rings is 1. The van der Waals surface area contributed by atoms with Crippen LogP contribution in [0.5, 0.6) is 0 Å². The lowest BCUT2D eigenvalue weighted by molar-refractivity contribution is -0.384. The van der Waals surface area contributed by atoms with Gasteiger partial charge in [0, 0.05) is 12.6 Å². The molecule has 1 heterocycles. The summed E-state index contributed by atoms with van der Waals surface area (Å²) in [5, 5.41) is 19.5. The Bertz CT molecular complexity index is 636. The van der Waals surface area contributed by atoms with Crippen LogP contribution in [0, 0.1) is 10.1 Å². The van der Waals surface area contributed by atoms with Gasteiger partial charge in [0.25, 0.3) is 5.69 Å². The summed E-state index contributed by atoms with van der Waals surface area (Å²) in [5.41, 5.74) is -2.35. The maximum Gasteiger partial charge on any atom is 0.418 e. The van der Waals surface area contributed by atoms with Crippen molar-refractivity contribution >= 4 is 28.9 Å². The summed E-state index contributed by atoms with van der Waals surface area (Å²) in [7, 11) is 0. The van der Waals surface area contributed by atoms with Gasteiger partial charge in [-0.25, -0.2) is 4.79 Å². The average Bonchev–Trinajstić information content (AvgIpc) is 2.85. The number of rotatable bonds is 3. The molecule has 1 aromatic rings. The standard InChI is InChI=1S/C12H10ClF3N2O4/c13-7-5-9(17-3-1-2-8(17)11(19)20)10(18(21)22)4-6(7)12(14,15)16/h4-5,8H,1-3H2,(H,19,20)/t8-/m1/s1. The fourth-order valence-electron chi connectivity index (χ4n) is 2.46. The molecule has 0 radical (unpaired) electrons. The van der Waals surface area contributed by atoms with Crippen molar-refractivity contribution < 1.29 is 28.0 Å². The van der Waals surface area contributed by atoms with Gasteiger partial charge in [0.05, 0.1) is 15.5 Å². The van der Waals surface area contributed by atoms with Crippen molar-refractivity contribution in [1.82, 2.24) is 0 Å². The van der Waals surface area contributed by atoms with Gasteiger partial charge in [-0.2, -0.15) is 13.2 Å². The van der Waals surface area contributed by atoms with Gasteiger partial charge in [0.1, 0.15) is 11.7 Å². The van der Waals surface area contributed by atoms with E-state index >= 15 is 0 Å². The third-order valence-corrected chi connectivity index (χ3v) is 3.73. The normalized spacial score (nSPS) is 18.5. The lowest BCUT2D eigenvalue weighted by atomic mass is 10.1. The van der Waals surface area contributed by atoms with E-state index in [1.54, 1.807) is 0 Å². The van der Waals surface area contributed by atoms with Crippen LogP contribution in [0.1, 0.15) is 18.4 Å². The van der Waals surface area contributed by atoms with E-state index in [1.165, 1.54) is 4.90 Å². The van der Waals surface area contributed by atoms with E-state index in [0.29, 0.717) is 12.5 Å². The molecule has 0 spiro atoms. The van der Waals surface area contributed by atoms with E-state index in [2.05, 4.69) is 0 Å². The highest BCUT2D eigenvalue weighted by Crippen LogP contribution is 2.43. The number of carboxylic acid groups (broad SMARTS) is 1. The Morgan fingerprint density at radius 2 is 2.09 bits per heavy atom. The highest BCUT2D eigenvalue weighted by atomic mass is 35.5. The van der Waals surface area contributed by atoms with Crippen molar-refractivity contribution in [2.45, 2.75) is 25.1 Å². The highest BCUT2D eigenvalue weighted by Gasteiger charge is 2.39. The number of alkyl halides is 3. The Morgan fingerprint density at radius 1 is 1.45 bits per heavy atom. The number of nitro benzene ring substituents is 1. The van der Waals surface area contributed by atoms with E-state index in [9.17, 15) is 28.1 Å². The number of carbonyl (C=O) groups is 1. The van der Waals surface area contributed by atoms with E-state index < -0.39 is 39.4 Å². The minimum Gasteiger partial charge on any atom is -0.480 e. The molecule has 0 aromatic heterocycles. The molecule has 22 heavy (non-hydrogen) atoms. The molecule has 1 N–H and O–H groups in total. The monoisotopic (exact) mass is 338 g/mol. The first-order valence-electron chi connectivity index (χ1n) is 6.17. The van der Waals surface area contributed by atoms with Crippen molar-refractivity contribution in [3.63, 3.8) is 0 Å². The van der Waals surface area contributed by atoms with Gasteiger partial charge < -0.3 is 10.0 Å². The number of hydrogen-bond acceptors (Lipinski definition) is 4. The lowest BCUT2D eigenvalue weighted by Crippen LogP contribution is -2.36. The number of carboxylic acids is 1. The minimum absolute atomic E-state index is 0.194. The van der Waals surface area contributed by atoms with Crippen LogP contribution in [-0.4, -0.2) is 28.6 Å².